The molecule has 3 aromatic rings. The average Bonchev–Trinajstić information content (AvgIpc) is 3.15. The van der Waals surface area contributed by atoms with E-state index in [4.69, 9.17) is 21.1 Å². The first-order valence-electron chi connectivity index (χ1n) is 10.7. The second-order valence-corrected chi connectivity index (χ2v) is 7.98. The second-order valence-electron chi connectivity index (χ2n) is 7.60. The van der Waals surface area contributed by atoms with Crippen molar-refractivity contribution in [3.8, 4) is 17.4 Å². The molecule has 194 valence electrons. The number of likely N-dealkylation sites (N-methyl/N-ethyl adjacent to an activating group) is 1. The van der Waals surface area contributed by atoms with Crippen molar-refractivity contribution in [3.05, 3.63) is 35.2 Å². The van der Waals surface area contributed by atoms with Gasteiger partial charge in [0, 0.05) is 25.9 Å². The number of rotatable bonds is 9. The quantitative estimate of drug-likeness (QED) is 0.184. The lowest BCUT2D eigenvalue weighted by Gasteiger charge is -2.23. The summed E-state index contributed by atoms with van der Waals surface area (Å²) in [6.45, 7) is 3.93. The molecule has 0 aliphatic carbocycles. The monoisotopic (exact) mass is 528 g/mol. The summed E-state index contributed by atoms with van der Waals surface area (Å²) < 4.78 is 51.3. The number of carbonyl (C=O) groups is 1. The zero-order chi connectivity index (χ0) is 26.6. The lowest BCUT2D eigenvalue weighted by molar-refractivity contribution is -0.189. The number of carbonyl (C=O) groups excluding carboxylic acids is 1. The number of amidine groups is 1. The van der Waals surface area contributed by atoms with Crippen LogP contribution in [0.15, 0.2) is 29.5 Å². The molecule has 0 fully saturated rings. The molecule has 0 aliphatic heterocycles. The van der Waals surface area contributed by atoms with Crippen molar-refractivity contribution in [1.82, 2.24) is 20.1 Å². The number of aryl methyl sites for hydroxylation is 1. The van der Waals surface area contributed by atoms with Crippen LogP contribution in [-0.4, -0.2) is 69.9 Å². The molecule has 1 amide bonds. The number of nitrogens with one attached hydrogen (secondary N) is 1. The third kappa shape index (κ3) is 5.79. The number of hydrogen-bond donors (Lipinski definition) is 2. The van der Waals surface area contributed by atoms with Crippen LogP contribution in [0.25, 0.3) is 10.8 Å². The Morgan fingerprint density at radius 3 is 2.67 bits per heavy atom. The zero-order valence-corrected chi connectivity index (χ0v) is 20.6. The number of aromatic amines is 1. The highest BCUT2D eigenvalue weighted by molar-refractivity contribution is 6.31. The Balaban J connectivity index is 2.17. The Bertz CT molecular complexity index is 1250. The molecule has 0 aliphatic rings. The highest BCUT2D eigenvalue weighted by Crippen LogP contribution is 2.41. The topological polar surface area (TPSA) is 116 Å². The molecule has 1 atom stereocenters. The zero-order valence-electron chi connectivity index (χ0n) is 19.8. The van der Waals surface area contributed by atoms with Gasteiger partial charge in [-0.25, -0.2) is 4.98 Å². The van der Waals surface area contributed by atoms with Crippen molar-refractivity contribution in [2.75, 3.05) is 25.2 Å². The summed E-state index contributed by atoms with van der Waals surface area (Å²) in [5, 5.41) is 22.3. The van der Waals surface area contributed by atoms with Gasteiger partial charge < -0.3 is 14.6 Å². The number of pyridine rings is 1. The van der Waals surface area contributed by atoms with E-state index in [1.165, 1.54) is 29.2 Å². The van der Waals surface area contributed by atoms with Gasteiger partial charge >= 0.3 is 6.18 Å². The Morgan fingerprint density at radius 1 is 1.39 bits per heavy atom. The van der Waals surface area contributed by atoms with Crippen LogP contribution in [0.2, 0.25) is 5.15 Å². The molecule has 0 saturated carbocycles. The van der Waals surface area contributed by atoms with E-state index in [1.807, 2.05) is 0 Å². The van der Waals surface area contributed by atoms with Crippen molar-refractivity contribution in [1.29, 1.82) is 0 Å². The maximum atomic E-state index is 13.4. The molecule has 0 bridgehead atoms. The molecule has 2 N–H and O–H groups in total. The summed E-state index contributed by atoms with van der Waals surface area (Å²) in [5.74, 6) is -0.0124. The number of halogens is 4. The number of fused-ring (bicyclic) bond motifs is 1. The fourth-order valence-electron chi connectivity index (χ4n) is 3.18. The van der Waals surface area contributed by atoms with E-state index >= 15 is 0 Å². The molecular weight excluding hydrogens is 505 g/mol. The summed E-state index contributed by atoms with van der Waals surface area (Å²) in [6.07, 6.45) is -4.87. The number of hydrazone groups is 1. The molecule has 1 aromatic carbocycles. The molecule has 0 radical (unpaired) electrons. The first-order chi connectivity index (χ1) is 17.0. The summed E-state index contributed by atoms with van der Waals surface area (Å²) in [6, 6.07) is 4.52. The fourth-order valence-corrected chi connectivity index (χ4v) is 3.40. The van der Waals surface area contributed by atoms with Gasteiger partial charge in [-0.2, -0.15) is 23.4 Å². The third-order valence-corrected chi connectivity index (χ3v) is 5.43. The van der Waals surface area contributed by atoms with Crippen molar-refractivity contribution < 1.29 is 32.5 Å². The van der Waals surface area contributed by atoms with Crippen molar-refractivity contribution in [3.63, 3.8) is 0 Å². The first-order valence-corrected chi connectivity index (χ1v) is 11.1. The molecule has 0 saturated heterocycles. The third-order valence-electron chi connectivity index (χ3n) is 5.17. The van der Waals surface area contributed by atoms with Gasteiger partial charge in [-0.3, -0.25) is 19.8 Å². The smallest absolute Gasteiger partial charge is 0.425 e. The Kier molecular flexibility index (Phi) is 8.25. The molecule has 10 nitrogen and oxygen atoms in total. The highest BCUT2D eigenvalue weighted by atomic mass is 35.5. The Morgan fingerprint density at radius 2 is 2.11 bits per heavy atom. The maximum Gasteiger partial charge on any atom is 0.425 e. The molecule has 2 aromatic heterocycles. The van der Waals surface area contributed by atoms with E-state index in [9.17, 15) is 23.1 Å². The standard InChI is InChI=1S/C22H24ClF3N6O4/c1-5-32(11-34)17(10-33)30-31(4)15-8-14-6-7-27-21(36-19-12(2)28-29-20(19)23)18(14)16(9-15)35-13(3)22(24,25)26/h6-9,11,13,33H,5,10H2,1-4H3,(H,28,29)/b30-17-. The van der Waals surface area contributed by atoms with Gasteiger partial charge in [-0.1, -0.05) is 11.6 Å². The number of aliphatic hydroxyl groups excluding tert-OH is 1. The van der Waals surface area contributed by atoms with E-state index in [0.717, 1.165) is 6.92 Å². The molecule has 1 unspecified atom stereocenters. The number of alkyl halides is 3. The molecule has 3 rings (SSSR count). The van der Waals surface area contributed by atoms with Crippen molar-refractivity contribution in [2.45, 2.75) is 33.1 Å². The fraction of sp³-hybridized carbons (Fsp3) is 0.364. The van der Waals surface area contributed by atoms with E-state index in [2.05, 4.69) is 20.3 Å². The van der Waals surface area contributed by atoms with Crippen LogP contribution in [-0.2, 0) is 4.79 Å². The number of aromatic nitrogens is 3. The number of aliphatic hydroxyl groups is 1. The van der Waals surface area contributed by atoms with Crippen molar-refractivity contribution >= 4 is 40.3 Å². The number of anilines is 1. The summed E-state index contributed by atoms with van der Waals surface area (Å²) in [7, 11) is 1.51. The van der Waals surface area contributed by atoms with Crippen LogP contribution >= 0.6 is 11.6 Å². The van der Waals surface area contributed by atoms with Crippen molar-refractivity contribution in [2.24, 2.45) is 5.10 Å². The lowest BCUT2D eigenvalue weighted by Crippen LogP contribution is -2.34. The van der Waals surface area contributed by atoms with Gasteiger partial charge in [0.25, 0.3) is 0 Å². The van der Waals surface area contributed by atoms with Gasteiger partial charge in [-0.15, -0.1) is 0 Å². The molecule has 2 heterocycles. The summed E-state index contributed by atoms with van der Waals surface area (Å²) in [5.41, 5.74) is 0.734. The van der Waals surface area contributed by atoms with E-state index in [-0.39, 0.29) is 40.3 Å². The summed E-state index contributed by atoms with van der Waals surface area (Å²) in [4.78, 5) is 16.6. The van der Waals surface area contributed by atoms with E-state index in [1.54, 1.807) is 26.0 Å². The van der Waals surface area contributed by atoms with Crippen LogP contribution in [0.3, 0.4) is 0 Å². The first kappa shape index (κ1) is 27.0. The molecule has 0 spiro atoms. The van der Waals surface area contributed by atoms with Gasteiger partial charge in [0.05, 0.1) is 11.1 Å². The SMILES string of the molecule is CCN(C=O)/C(CO)=N\N(C)c1cc(OC(C)C(F)(F)F)c2c(Oc3c(C)n[nH]c3Cl)nccc2c1. The Hall–Kier alpha value is -3.58. The number of ether oxygens (including phenoxy) is 2. The minimum Gasteiger partial charge on any atom is -0.480 e. The number of nitrogens with zero attached hydrogens (tertiary/aromatic N) is 5. The van der Waals surface area contributed by atoms with E-state index in [0.29, 0.717) is 23.2 Å². The molecule has 14 heteroatoms. The van der Waals surface area contributed by atoms with Crippen LogP contribution < -0.4 is 14.5 Å². The Labute approximate surface area is 209 Å². The van der Waals surface area contributed by atoms with Gasteiger partial charge in [0.1, 0.15) is 18.1 Å². The number of benzene rings is 1. The summed E-state index contributed by atoms with van der Waals surface area (Å²) >= 11 is 6.09. The number of amides is 1. The largest absolute Gasteiger partial charge is 0.480 e. The predicted octanol–water partition coefficient (Wildman–Crippen LogP) is 4.26. The van der Waals surface area contributed by atoms with Gasteiger partial charge in [0.15, 0.2) is 22.8 Å². The predicted molar refractivity (Wildman–Crippen MR) is 128 cm³/mol. The van der Waals surface area contributed by atoms with Gasteiger partial charge in [0.2, 0.25) is 12.3 Å². The lowest BCUT2D eigenvalue weighted by atomic mass is 10.1. The maximum absolute atomic E-state index is 13.4. The minimum atomic E-state index is -4.64. The average molecular weight is 529 g/mol. The van der Waals surface area contributed by atoms with Crippen LogP contribution in [0.4, 0.5) is 18.9 Å². The minimum absolute atomic E-state index is 0.0462. The number of H-pyrrole nitrogens is 1. The van der Waals surface area contributed by atoms with Gasteiger partial charge in [-0.05, 0) is 38.3 Å². The molecule has 36 heavy (non-hydrogen) atoms. The van der Waals surface area contributed by atoms with Crippen LogP contribution in [0.1, 0.15) is 19.5 Å². The second kappa shape index (κ2) is 11.0. The molecular formula is C22H24ClF3N6O4. The van der Waals surface area contributed by atoms with E-state index < -0.39 is 18.9 Å². The highest BCUT2D eigenvalue weighted by Gasteiger charge is 2.38. The van der Waals surface area contributed by atoms with Crippen LogP contribution in [0, 0.1) is 6.92 Å². The van der Waals surface area contributed by atoms with Crippen LogP contribution in [0.5, 0.6) is 17.4 Å². The number of hydrogen-bond acceptors (Lipinski definition) is 8. The normalized spacial score (nSPS) is 13.0.